The Bertz CT molecular complexity index is 269. The molecule has 0 saturated heterocycles. The van der Waals surface area contributed by atoms with Crippen LogP contribution in [0.4, 0.5) is 0 Å². The number of hydrogen-bond donors (Lipinski definition) is 1. The highest BCUT2D eigenvalue weighted by Crippen LogP contribution is 2.32. The van der Waals surface area contributed by atoms with E-state index in [1.807, 2.05) is 6.92 Å². The molecule has 1 aromatic heterocycles. The molecule has 2 heterocycles. The van der Waals surface area contributed by atoms with Crippen molar-refractivity contribution in [1.29, 1.82) is 0 Å². The van der Waals surface area contributed by atoms with E-state index in [0.717, 1.165) is 13.0 Å². The second-order valence-corrected chi connectivity index (χ2v) is 4.16. The van der Waals surface area contributed by atoms with Crippen molar-refractivity contribution in [3.63, 3.8) is 0 Å². The molecule has 12 heavy (non-hydrogen) atoms. The van der Waals surface area contributed by atoms with E-state index in [1.54, 1.807) is 11.3 Å². The Morgan fingerprint density at radius 1 is 1.75 bits per heavy atom. The van der Waals surface area contributed by atoms with Crippen molar-refractivity contribution < 1.29 is 4.74 Å². The molecule has 66 valence electrons. The molecule has 2 N–H and O–H groups in total. The minimum absolute atomic E-state index is 0.0997. The van der Waals surface area contributed by atoms with Crippen molar-refractivity contribution in [2.45, 2.75) is 25.5 Å². The molecule has 0 fully saturated rings. The SMILES string of the molecule is C[C@@H](N)C1OCCc2ccsc21. The summed E-state index contributed by atoms with van der Waals surface area (Å²) in [5, 5.41) is 2.12. The third kappa shape index (κ3) is 1.28. The number of rotatable bonds is 1. The van der Waals surface area contributed by atoms with E-state index in [9.17, 15) is 0 Å². The summed E-state index contributed by atoms with van der Waals surface area (Å²) in [6, 6.07) is 2.28. The number of thiophene rings is 1. The highest BCUT2D eigenvalue weighted by molar-refractivity contribution is 7.10. The molecule has 1 aliphatic rings. The van der Waals surface area contributed by atoms with Crippen molar-refractivity contribution in [3.8, 4) is 0 Å². The lowest BCUT2D eigenvalue weighted by atomic mass is 10.0. The zero-order chi connectivity index (χ0) is 8.55. The van der Waals surface area contributed by atoms with Gasteiger partial charge in [-0.05, 0) is 30.4 Å². The van der Waals surface area contributed by atoms with E-state index in [1.165, 1.54) is 10.4 Å². The predicted octanol–water partition coefficient (Wildman–Crippen LogP) is 1.71. The lowest BCUT2D eigenvalue weighted by Gasteiger charge is -2.25. The Labute approximate surface area is 76.3 Å². The van der Waals surface area contributed by atoms with Crippen molar-refractivity contribution in [1.82, 2.24) is 0 Å². The summed E-state index contributed by atoms with van der Waals surface area (Å²) in [5.41, 5.74) is 7.25. The maximum absolute atomic E-state index is 5.82. The van der Waals surface area contributed by atoms with Gasteiger partial charge in [0, 0.05) is 10.9 Å². The smallest absolute Gasteiger partial charge is 0.107 e. The van der Waals surface area contributed by atoms with Crippen LogP contribution in [0, 0.1) is 0 Å². The van der Waals surface area contributed by atoms with Crippen LogP contribution in [-0.4, -0.2) is 12.6 Å². The van der Waals surface area contributed by atoms with Gasteiger partial charge in [0.2, 0.25) is 0 Å². The number of ether oxygens (including phenoxy) is 1. The fraction of sp³-hybridized carbons (Fsp3) is 0.556. The Balaban J connectivity index is 2.31. The van der Waals surface area contributed by atoms with E-state index < -0.39 is 0 Å². The van der Waals surface area contributed by atoms with Gasteiger partial charge < -0.3 is 10.5 Å². The maximum atomic E-state index is 5.82. The second kappa shape index (κ2) is 3.17. The van der Waals surface area contributed by atoms with E-state index in [2.05, 4.69) is 11.4 Å². The first kappa shape index (κ1) is 8.23. The summed E-state index contributed by atoms with van der Waals surface area (Å²) in [7, 11) is 0. The molecule has 1 aliphatic heterocycles. The molecule has 1 aromatic rings. The molecule has 0 amide bonds. The van der Waals surface area contributed by atoms with Gasteiger partial charge in [-0.3, -0.25) is 0 Å². The average Bonchev–Trinajstić information content (AvgIpc) is 2.49. The molecule has 0 spiro atoms. The average molecular weight is 183 g/mol. The van der Waals surface area contributed by atoms with Crippen LogP contribution in [0.2, 0.25) is 0 Å². The fourth-order valence-corrected chi connectivity index (χ4v) is 2.68. The summed E-state index contributed by atoms with van der Waals surface area (Å²) < 4.78 is 5.61. The molecule has 0 aliphatic carbocycles. The predicted molar refractivity (Wildman–Crippen MR) is 50.4 cm³/mol. The van der Waals surface area contributed by atoms with E-state index in [4.69, 9.17) is 10.5 Å². The highest BCUT2D eigenvalue weighted by Gasteiger charge is 2.24. The van der Waals surface area contributed by atoms with Crippen molar-refractivity contribution in [3.05, 3.63) is 21.9 Å². The van der Waals surface area contributed by atoms with Crippen LogP contribution < -0.4 is 5.73 Å². The summed E-state index contributed by atoms with van der Waals surface area (Å²) in [5.74, 6) is 0. The van der Waals surface area contributed by atoms with Crippen LogP contribution in [-0.2, 0) is 11.2 Å². The standard InChI is InChI=1S/C9H13NOS/c1-6(10)8-9-7(2-4-11-8)3-5-12-9/h3,5-6,8H,2,4,10H2,1H3/t6-,8?/m1/s1. The first-order chi connectivity index (χ1) is 5.79. The summed E-state index contributed by atoms with van der Waals surface area (Å²) in [4.78, 5) is 1.33. The Morgan fingerprint density at radius 2 is 2.58 bits per heavy atom. The van der Waals surface area contributed by atoms with E-state index in [-0.39, 0.29) is 12.1 Å². The van der Waals surface area contributed by atoms with Crippen molar-refractivity contribution >= 4 is 11.3 Å². The van der Waals surface area contributed by atoms with Crippen LogP contribution in [0.25, 0.3) is 0 Å². The molecule has 2 nitrogen and oxygen atoms in total. The minimum atomic E-state index is 0.0997. The number of fused-ring (bicyclic) bond motifs is 1. The second-order valence-electron chi connectivity index (χ2n) is 3.21. The molecule has 2 rings (SSSR count). The van der Waals surface area contributed by atoms with Gasteiger partial charge in [0.25, 0.3) is 0 Å². The Hall–Kier alpha value is -0.380. The van der Waals surface area contributed by atoms with Gasteiger partial charge in [0.15, 0.2) is 0 Å². The van der Waals surface area contributed by atoms with Crippen LogP contribution in [0.5, 0.6) is 0 Å². The topological polar surface area (TPSA) is 35.2 Å². The van der Waals surface area contributed by atoms with Crippen LogP contribution in [0.15, 0.2) is 11.4 Å². The van der Waals surface area contributed by atoms with Crippen LogP contribution in [0.3, 0.4) is 0 Å². The Morgan fingerprint density at radius 3 is 3.33 bits per heavy atom. The number of hydrogen-bond acceptors (Lipinski definition) is 3. The largest absolute Gasteiger partial charge is 0.371 e. The minimum Gasteiger partial charge on any atom is -0.371 e. The summed E-state index contributed by atoms with van der Waals surface area (Å²) in [6.07, 6.45) is 1.18. The summed E-state index contributed by atoms with van der Waals surface area (Å²) >= 11 is 1.76. The molecule has 2 atom stereocenters. The molecular formula is C9H13NOS. The normalized spacial score (nSPS) is 25.0. The van der Waals surface area contributed by atoms with Gasteiger partial charge in [0.1, 0.15) is 6.10 Å². The van der Waals surface area contributed by atoms with Crippen molar-refractivity contribution in [2.24, 2.45) is 5.73 Å². The molecule has 3 heteroatoms. The van der Waals surface area contributed by atoms with Gasteiger partial charge in [-0.1, -0.05) is 0 Å². The quantitative estimate of drug-likeness (QED) is 0.719. The van der Waals surface area contributed by atoms with E-state index in [0.29, 0.717) is 0 Å². The van der Waals surface area contributed by atoms with Gasteiger partial charge in [0.05, 0.1) is 6.61 Å². The summed E-state index contributed by atoms with van der Waals surface area (Å²) in [6.45, 7) is 2.81. The zero-order valence-corrected chi connectivity index (χ0v) is 7.93. The number of nitrogens with two attached hydrogens (primary N) is 1. The van der Waals surface area contributed by atoms with Crippen molar-refractivity contribution in [2.75, 3.05) is 6.61 Å². The fourth-order valence-electron chi connectivity index (χ4n) is 1.57. The highest BCUT2D eigenvalue weighted by atomic mass is 32.1. The van der Waals surface area contributed by atoms with Crippen LogP contribution >= 0.6 is 11.3 Å². The first-order valence-electron chi connectivity index (χ1n) is 4.22. The van der Waals surface area contributed by atoms with Gasteiger partial charge >= 0.3 is 0 Å². The third-order valence-electron chi connectivity index (χ3n) is 2.19. The molecule has 0 bridgehead atoms. The first-order valence-corrected chi connectivity index (χ1v) is 5.10. The van der Waals surface area contributed by atoms with Gasteiger partial charge in [-0.15, -0.1) is 11.3 Å². The molecule has 1 unspecified atom stereocenters. The third-order valence-corrected chi connectivity index (χ3v) is 3.21. The van der Waals surface area contributed by atoms with Gasteiger partial charge in [-0.2, -0.15) is 0 Å². The molecular weight excluding hydrogens is 170 g/mol. The monoisotopic (exact) mass is 183 g/mol. The maximum Gasteiger partial charge on any atom is 0.107 e. The molecule has 0 aromatic carbocycles. The van der Waals surface area contributed by atoms with Crippen LogP contribution in [0.1, 0.15) is 23.5 Å². The lowest BCUT2D eigenvalue weighted by molar-refractivity contribution is 0.0315. The molecule has 0 saturated carbocycles. The van der Waals surface area contributed by atoms with E-state index >= 15 is 0 Å². The zero-order valence-electron chi connectivity index (χ0n) is 7.12. The Kier molecular flexibility index (Phi) is 2.17. The lowest BCUT2D eigenvalue weighted by Crippen LogP contribution is -2.30. The van der Waals surface area contributed by atoms with Gasteiger partial charge in [-0.25, -0.2) is 0 Å². The molecule has 0 radical (unpaired) electrons.